The molecule has 21 heavy (non-hydrogen) atoms. The largest absolute Gasteiger partial charge is 0.462 e. The second-order valence-electron chi connectivity index (χ2n) is 6.06. The molecule has 0 saturated heterocycles. The average molecular weight is 299 g/mol. The molecule has 0 aliphatic carbocycles. The third-order valence-corrected chi connectivity index (χ3v) is 3.68. The lowest BCUT2D eigenvalue weighted by molar-refractivity contribution is -0.142. The first-order chi connectivity index (χ1) is 9.63. The molecule has 122 valence electrons. The van der Waals surface area contributed by atoms with E-state index in [2.05, 4.69) is 6.58 Å². The van der Waals surface area contributed by atoms with Crippen molar-refractivity contribution in [3.63, 3.8) is 0 Å². The van der Waals surface area contributed by atoms with Crippen molar-refractivity contribution in [2.45, 2.75) is 52.8 Å². The third kappa shape index (κ3) is 5.98. The van der Waals surface area contributed by atoms with Gasteiger partial charge in [0.15, 0.2) is 5.78 Å². The van der Waals surface area contributed by atoms with Gasteiger partial charge in [-0.1, -0.05) is 27.4 Å². The predicted molar refractivity (Wildman–Crippen MR) is 82.9 cm³/mol. The fourth-order valence-electron chi connectivity index (χ4n) is 1.95. The summed E-state index contributed by atoms with van der Waals surface area (Å²) in [5.74, 6) is -1.06. The fourth-order valence-corrected chi connectivity index (χ4v) is 1.95. The van der Waals surface area contributed by atoms with Crippen LogP contribution in [-0.4, -0.2) is 53.6 Å². The molecule has 0 fully saturated rings. The number of aliphatic hydroxyl groups is 1. The van der Waals surface area contributed by atoms with Crippen LogP contribution >= 0.6 is 0 Å². The zero-order valence-corrected chi connectivity index (χ0v) is 14.0. The fraction of sp³-hybridized carbons (Fsp3) is 0.750. The molecule has 1 N–H and O–H groups in total. The summed E-state index contributed by atoms with van der Waals surface area (Å²) >= 11 is 0. The zero-order chi connectivity index (χ0) is 16.7. The van der Waals surface area contributed by atoms with E-state index in [0.717, 1.165) is 6.08 Å². The molecule has 0 unspecified atom stereocenters. The summed E-state index contributed by atoms with van der Waals surface area (Å²) in [6.45, 7) is 12.7. The molecule has 0 heterocycles. The lowest BCUT2D eigenvalue weighted by Crippen LogP contribution is -2.53. The van der Waals surface area contributed by atoms with E-state index in [1.165, 1.54) is 0 Å². The van der Waals surface area contributed by atoms with Crippen molar-refractivity contribution in [3.8, 4) is 0 Å². The van der Waals surface area contributed by atoms with E-state index >= 15 is 0 Å². The van der Waals surface area contributed by atoms with Crippen LogP contribution in [-0.2, 0) is 14.3 Å². The van der Waals surface area contributed by atoms with Gasteiger partial charge in [-0.05, 0) is 20.9 Å². The average Bonchev–Trinajstić information content (AvgIpc) is 2.43. The number of nitrogens with zero attached hydrogens (tertiary/aromatic N) is 1. The second kappa shape index (κ2) is 8.95. The highest BCUT2D eigenvalue weighted by Crippen LogP contribution is 2.19. The van der Waals surface area contributed by atoms with Crippen LogP contribution in [0.2, 0.25) is 0 Å². The van der Waals surface area contributed by atoms with Gasteiger partial charge in [0, 0.05) is 24.0 Å². The van der Waals surface area contributed by atoms with Crippen LogP contribution < -0.4 is 0 Å². The van der Waals surface area contributed by atoms with E-state index < -0.39 is 18.1 Å². The Kier molecular flexibility index (Phi) is 8.44. The first-order valence-corrected chi connectivity index (χ1v) is 7.36. The highest BCUT2D eigenvalue weighted by molar-refractivity contribution is 5.86. The molecule has 5 heteroatoms. The van der Waals surface area contributed by atoms with Crippen LogP contribution in [0.5, 0.6) is 0 Å². The number of rotatable bonds is 9. The van der Waals surface area contributed by atoms with Crippen molar-refractivity contribution in [3.05, 3.63) is 12.7 Å². The minimum Gasteiger partial charge on any atom is -0.462 e. The number of Topliss-reactive ketones (excluding diaryl/α,β-unsaturated/α-hetero) is 1. The molecule has 5 nitrogen and oxygen atoms in total. The number of hydrogen-bond acceptors (Lipinski definition) is 5. The highest BCUT2D eigenvalue weighted by Gasteiger charge is 2.36. The lowest BCUT2D eigenvalue weighted by atomic mass is 9.89. The molecule has 0 spiro atoms. The van der Waals surface area contributed by atoms with Crippen LogP contribution in [0, 0.1) is 11.8 Å². The lowest BCUT2D eigenvalue weighted by Gasteiger charge is -2.36. The number of esters is 1. The van der Waals surface area contributed by atoms with Crippen LogP contribution in [0.3, 0.4) is 0 Å². The summed E-state index contributed by atoms with van der Waals surface area (Å²) in [5.41, 5.74) is 0. The van der Waals surface area contributed by atoms with E-state index in [-0.39, 0.29) is 30.3 Å². The van der Waals surface area contributed by atoms with Crippen LogP contribution in [0.4, 0.5) is 0 Å². The second-order valence-corrected chi connectivity index (χ2v) is 6.06. The molecular weight excluding hydrogens is 270 g/mol. The summed E-state index contributed by atoms with van der Waals surface area (Å²) in [7, 11) is 1.82. The van der Waals surface area contributed by atoms with Crippen molar-refractivity contribution in [2.75, 3.05) is 13.7 Å². The zero-order valence-electron chi connectivity index (χ0n) is 14.0. The molecule has 0 aliphatic rings. The maximum atomic E-state index is 12.4. The van der Waals surface area contributed by atoms with Crippen molar-refractivity contribution in [2.24, 2.45) is 11.8 Å². The highest BCUT2D eigenvalue weighted by atomic mass is 16.5. The van der Waals surface area contributed by atoms with Crippen molar-refractivity contribution < 1.29 is 19.4 Å². The topological polar surface area (TPSA) is 66.8 Å². The Morgan fingerprint density at radius 1 is 1.24 bits per heavy atom. The Morgan fingerprint density at radius 2 is 1.76 bits per heavy atom. The first-order valence-electron chi connectivity index (χ1n) is 7.36. The van der Waals surface area contributed by atoms with Crippen molar-refractivity contribution >= 4 is 11.8 Å². The maximum absolute atomic E-state index is 12.4. The van der Waals surface area contributed by atoms with E-state index in [1.54, 1.807) is 6.92 Å². The Morgan fingerprint density at radius 3 is 2.14 bits per heavy atom. The Bertz CT molecular complexity index is 365. The Labute approximate surface area is 128 Å². The van der Waals surface area contributed by atoms with Crippen molar-refractivity contribution in [1.82, 2.24) is 4.90 Å². The van der Waals surface area contributed by atoms with E-state index in [0.29, 0.717) is 0 Å². The molecule has 0 bridgehead atoms. The van der Waals surface area contributed by atoms with Gasteiger partial charge in [0.2, 0.25) is 0 Å². The van der Waals surface area contributed by atoms with E-state index in [4.69, 9.17) is 4.74 Å². The predicted octanol–water partition coefficient (Wildman–Crippen LogP) is 1.65. The quantitative estimate of drug-likeness (QED) is 0.518. The molecule has 0 aliphatic heterocycles. The molecular formula is C16H29NO4. The standard InChI is InChI=1S/C16H29NO4/c1-8-13(18)21-9-12(6)16(20)14(15(19)10(2)3)17(7)11(4)5/h8,10-12,14,16,20H,1,9H2,2-7H3/t12-,14-,16-/m1/s1. The molecule has 0 radical (unpaired) electrons. The number of hydrogen-bond donors (Lipinski definition) is 1. The van der Waals surface area contributed by atoms with Gasteiger partial charge in [-0.15, -0.1) is 0 Å². The number of carbonyl (C=O) groups is 2. The smallest absolute Gasteiger partial charge is 0.330 e. The van der Waals surface area contributed by atoms with Crippen LogP contribution in [0.15, 0.2) is 12.7 Å². The summed E-state index contributed by atoms with van der Waals surface area (Å²) in [6.07, 6.45) is 0.181. The molecule has 0 aromatic carbocycles. The normalized spacial score (nSPS) is 15.9. The van der Waals surface area contributed by atoms with Gasteiger partial charge in [-0.3, -0.25) is 9.69 Å². The summed E-state index contributed by atoms with van der Waals surface area (Å²) < 4.78 is 4.96. The number of aliphatic hydroxyl groups excluding tert-OH is 1. The molecule has 0 amide bonds. The minimum atomic E-state index is -0.898. The van der Waals surface area contributed by atoms with Gasteiger partial charge in [0.25, 0.3) is 0 Å². The monoisotopic (exact) mass is 299 g/mol. The van der Waals surface area contributed by atoms with Gasteiger partial charge in [-0.2, -0.15) is 0 Å². The van der Waals surface area contributed by atoms with E-state index in [9.17, 15) is 14.7 Å². The van der Waals surface area contributed by atoms with Gasteiger partial charge < -0.3 is 9.84 Å². The van der Waals surface area contributed by atoms with E-state index in [1.807, 2.05) is 39.6 Å². The van der Waals surface area contributed by atoms with Gasteiger partial charge in [0.1, 0.15) is 0 Å². The first kappa shape index (κ1) is 19.8. The number of ether oxygens (including phenoxy) is 1. The summed E-state index contributed by atoms with van der Waals surface area (Å²) in [5, 5.41) is 10.5. The van der Waals surface area contributed by atoms with Gasteiger partial charge in [0.05, 0.1) is 18.8 Å². The molecule has 0 saturated carbocycles. The summed E-state index contributed by atoms with van der Waals surface area (Å²) in [4.78, 5) is 25.4. The van der Waals surface area contributed by atoms with Crippen molar-refractivity contribution in [1.29, 1.82) is 0 Å². The molecule has 3 atom stereocenters. The van der Waals surface area contributed by atoms with Crippen LogP contribution in [0.1, 0.15) is 34.6 Å². The van der Waals surface area contributed by atoms with Gasteiger partial charge in [-0.25, -0.2) is 4.79 Å². The SMILES string of the molecule is C=CC(=O)OC[C@@H](C)[C@@H](O)[C@@H](C(=O)C(C)C)N(C)C(C)C. The number of ketones is 1. The maximum Gasteiger partial charge on any atom is 0.330 e. The molecule has 0 aromatic heterocycles. The van der Waals surface area contributed by atoms with Gasteiger partial charge >= 0.3 is 5.97 Å². The van der Waals surface area contributed by atoms with Crippen LogP contribution in [0.25, 0.3) is 0 Å². The Hall–Kier alpha value is -1.20. The number of likely N-dealkylation sites (N-methyl/N-ethyl adjacent to an activating group) is 1. The minimum absolute atomic E-state index is 0.0133. The molecule has 0 rings (SSSR count). The Balaban J connectivity index is 5.01. The third-order valence-electron chi connectivity index (χ3n) is 3.68. The summed E-state index contributed by atoms with van der Waals surface area (Å²) in [6, 6.07) is -0.488. The molecule has 0 aromatic rings. The number of carbonyl (C=O) groups excluding carboxylic acids is 2.